The maximum absolute atomic E-state index is 12.4. The van der Waals surface area contributed by atoms with E-state index in [4.69, 9.17) is 4.74 Å². The molecule has 0 aliphatic heterocycles. The van der Waals surface area contributed by atoms with Crippen LogP contribution in [0.5, 0.6) is 5.75 Å². The molecule has 0 saturated carbocycles. The molecule has 0 amide bonds. The van der Waals surface area contributed by atoms with Crippen LogP contribution in [0.3, 0.4) is 0 Å². The van der Waals surface area contributed by atoms with E-state index >= 15 is 0 Å². The van der Waals surface area contributed by atoms with Gasteiger partial charge in [0.15, 0.2) is 5.78 Å². The molecule has 0 spiro atoms. The number of halogens is 1. The number of hydrogen-bond donors (Lipinski definition) is 0. The van der Waals surface area contributed by atoms with Crippen LogP contribution in [0, 0.1) is 17.4 Å². The number of nitrogens with zero attached hydrogens (tertiary/aromatic N) is 1. The molecule has 4 heteroatoms. The molecule has 0 saturated heterocycles. The summed E-state index contributed by atoms with van der Waals surface area (Å²) in [6.45, 7) is 3.89. The predicted octanol–water partition coefficient (Wildman–Crippen LogP) is 3.74. The third kappa shape index (κ3) is 3.00. The van der Waals surface area contributed by atoms with Gasteiger partial charge in [-0.1, -0.05) is 18.2 Å². The summed E-state index contributed by atoms with van der Waals surface area (Å²) < 4.78 is 6.34. The number of pyridine rings is 1. The largest absolute Gasteiger partial charge is 0.496 e. The molecule has 2 rings (SSSR count). The lowest BCUT2D eigenvalue weighted by atomic mass is 10.0. The number of ether oxygens (including phenoxy) is 1. The number of carbonyl (C=O) groups excluding carboxylic acids is 1. The lowest BCUT2D eigenvalue weighted by Crippen LogP contribution is -2.09. The van der Waals surface area contributed by atoms with Crippen LogP contribution in [-0.4, -0.2) is 17.9 Å². The summed E-state index contributed by atoms with van der Waals surface area (Å²) in [4.78, 5) is 16.8. The average Bonchev–Trinajstić information content (AvgIpc) is 2.43. The molecule has 0 bridgehead atoms. The lowest BCUT2D eigenvalue weighted by molar-refractivity contribution is 0.0991. The summed E-state index contributed by atoms with van der Waals surface area (Å²) >= 11 is 2.18. The molecular weight excluding hydrogens is 365 g/mol. The Balaban J connectivity index is 2.32. The Morgan fingerprint density at radius 3 is 2.65 bits per heavy atom. The highest BCUT2D eigenvalue weighted by atomic mass is 127. The van der Waals surface area contributed by atoms with Crippen LogP contribution >= 0.6 is 22.6 Å². The van der Waals surface area contributed by atoms with E-state index in [9.17, 15) is 4.79 Å². The van der Waals surface area contributed by atoms with Crippen LogP contribution in [0.2, 0.25) is 0 Å². The Hall–Kier alpha value is -1.43. The van der Waals surface area contributed by atoms with Crippen molar-refractivity contribution in [3.63, 3.8) is 0 Å². The first-order chi connectivity index (χ1) is 9.54. The Kier molecular flexibility index (Phi) is 4.75. The number of rotatable bonds is 4. The molecule has 1 heterocycles. The smallest absolute Gasteiger partial charge is 0.169 e. The fourth-order valence-corrected chi connectivity index (χ4v) is 2.87. The van der Waals surface area contributed by atoms with E-state index in [1.807, 2.05) is 38.1 Å². The first-order valence-electron chi connectivity index (χ1n) is 6.31. The van der Waals surface area contributed by atoms with E-state index in [2.05, 4.69) is 27.6 Å². The fourth-order valence-electron chi connectivity index (χ4n) is 2.18. The van der Waals surface area contributed by atoms with Gasteiger partial charge in [0.25, 0.3) is 0 Å². The Morgan fingerprint density at radius 2 is 2.00 bits per heavy atom. The van der Waals surface area contributed by atoms with Gasteiger partial charge in [-0.3, -0.25) is 9.78 Å². The number of ketones is 1. The third-order valence-electron chi connectivity index (χ3n) is 3.25. The van der Waals surface area contributed by atoms with E-state index in [-0.39, 0.29) is 5.78 Å². The molecule has 1 aromatic carbocycles. The van der Waals surface area contributed by atoms with Crippen LogP contribution in [-0.2, 0) is 6.42 Å². The maximum atomic E-state index is 12.4. The highest BCUT2D eigenvalue weighted by Gasteiger charge is 2.15. The molecule has 20 heavy (non-hydrogen) atoms. The first-order valence-corrected chi connectivity index (χ1v) is 7.39. The molecule has 0 radical (unpaired) electrons. The van der Waals surface area contributed by atoms with Gasteiger partial charge in [-0.15, -0.1) is 0 Å². The zero-order chi connectivity index (χ0) is 14.7. The first kappa shape index (κ1) is 15.0. The van der Waals surface area contributed by atoms with Crippen molar-refractivity contribution in [2.45, 2.75) is 20.3 Å². The Labute approximate surface area is 132 Å². The number of hydrogen-bond acceptors (Lipinski definition) is 3. The summed E-state index contributed by atoms with van der Waals surface area (Å²) in [6.07, 6.45) is 2.05. The average molecular weight is 381 g/mol. The normalized spacial score (nSPS) is 10.4. The minimum absolute atomic E-state index is 0.0801. The van der Waals surface area contributed by atoms with Crippen molar-refractivity contribution in [2.75, 3.05) is 7.11 Å². The summed E-state index contributed by atoms with van der Waals surface area (Å²) in [7, 11) is 1.64. The van der Waals surface area contributed by atoms with Crippen molar-refractivity contribution in [2.24, 2.45) is 0 Å². The van der Waals surface area contributed by atoms with Crippen LogP contribution < -0.4 is 4.74 Å². The predicted molar refractivity (Wildman–Crippen MR) is 87.5 cm³/mol. The van der Waals surface area contributed by atoms with Crippen molar-refractivity contribution in [1.29, 1.82) is 0 Å². The van der Waals surface area contributed by atoms with Gasteiger partial charge >= 0.3 is 0 Å². The van der Waals surface area contributed by atoms with Crippen LogP contribution in [0.25, 0.3) is 0 Å². The highest BCUT2D eigenvalue weighted by Crippen LogP contribution is 2.25. The van der Waals surface area contributed by atoms with Crippen LogP contribution in [0.15, 0.2) is 30.5 Å². The van der Waals surface area contributed by atoms with Gasteiger partial charge in [0.1, 0.15) is 5.75 Å². The zero-order valence-corrected chi connectivity index (χ0v) is 13.9. The Morgan fingerprint density at radius 1 is 1.30 bits per heavy atom. The second kappa shape index (κ2) is 6.35. The van der Waals surface area contributed by atoms with Crippen molar-refractivity contribution in [1.82, 2.24) is 4.98 Å². The van der Waals surface area contributed by atoms with Gasteiger partial charge in [-0.05, 0) is 42.5 Å². The fraction of sp³-hybridized carbons (Fsp3) is 0.250. The van der Waals surface area contributed by atoms with Crippen molar-refractivity contribution < 1.29 is 9.53 Å². The van der Waals surface area contributed by atoms with E-state index in [0.29, 0.717) is 6.42 Å². The van der Waals surface area contributed by atoms with Gasteiger partial charge in [-0.2, -0.15) is 0 Å². The van der Waals surface area contributed by atoms with Crippen molar-refractivity contribution in [3.8, 4) is 5.75 Å². The number of carbonyl (C=O) groups is 1. The Bertz CT molecular complexity index is 653. The maximum Gasteiger partial charge on any atom is 0.169 e. The van der Waals surface area contributed by atoms with Gasteiger partial charge in [0.2, 0.25) is 0 Å². The van der Waals surface area contributed by atoms with E-state index in [0.717, 1.165) is 31.7 Å². The standard InChI is InChI=1S/C16H16INO2/c1-10-9-18-14(11(2)16(10)20-3)8-15(19)12-6-4-5-7-13(12)17/h4-7,9H,8H2,1-3H3. The van der Waals surface area contributed by atoms with Gasteiger partial charge < -0.3 is 4.74 Å². The van der Waals surface area contributed by atoms with Crippen molar-refractivity contribution in [3.05, 3.63) is 56.4 Å². The SMILES string of the molecule is COc1c(C)cnc(CC(=O)c2ccccc2I)c1C. The molecule has 0 aliphatic rings. The number of methoxy groups -OCH3 is 1. The summed E-state index contributed by atoms with van der Waals surface area (Å²) in [5.41, 5.74) is 3.44. The quantitative estimate of drug-likeness (QED) is 0.599. The molecule has 104 valence electrons. The molecule has 0 atom stereocenters. The molecule has 2 aromatic rings. The van der Waals surface area contributed by atoms with Crippen LogP contribution in [0.1, 0.15) is 27.2 Å². The lowest BCUT2D eigenvalue weighted by Gasteiger charge is -2.12. The third-order valence-corrected chi connectivity index (χ3v) is 4.19. The highest BCUT2D eigenvalue weighted by molar-refractivity contribution is 14.1. The zero-order valence-electron chi connectivity index (χ0n) is 11.7. The van der Waals surface area contributed by atoms with Gasteiger partial charge in [0.05, 0.1) is 19.2 Å². The van der Waals surface area contributed by atoms with Crippen molar-refractivity contribution >= 4 is 28.4 Å². The minimum Gasteiger partial charge on any atom is -0.496 e. The molecular formula is C16H16INO2. The van der Waals surface area contributed by atoms with E-state index < -0.39 is 0 Å². The van der Waals surface area contributed by atoms with Crippen LogP contribution in [0.4, 0.5) is 0 Å². The van der Waals surface area contributed by atoms with E-state index in [1.165, 1.54) is 0 Å². The molecule has 0 fully saturated rings. The minimum atomic E-state index is 0.0801. The molecule has 1 aromatic heterocycles. The van der Waals surface area contributed by atoms with Gasteiger partial charge in [0, 0.05) is 26.5 Å². The number of benzene rings is 1. The second-order valence-electron chi connectivity index (χ2n) is 4.63. The van der Waals surface area contributed by atoms with Gasteiger partial charge in [-0.25, -0.2) is 0 Å². The number of aryl methyl sites for hydroxylation is 1. The molecule has 0 unspecified atom stereocenters. The molecule has 0 aliphatic carbocycles. The monoisotopic (exact) mass is 381 g/mol. The number of aromatic nitrogens is 1. The number of Topliss-reactive ketones (excluding diaryl/α,β-unsaturated/α-hetero) is 1. The molecule has 3 nitrogen and oxygen atoms in total. The summed E-state index contributed by atoms with van der Waals surface area (Å²) in [5.74, 6) is 0.891. The molecule has 0 N–H and O–H groups in total. The summed E-state index contributed by atoms with van der Waals surface area (Å²) in [5, 5.41) is 0. The second-order valence-corrected chi connectivity index (χ2v) is 5.79. The summed E-state index contributed by atoms with van der Waals surface area (Å²) in [6, 6.07) is 7.59. The van der Waals surface area contributed by atoms with E-state index in [1.54, 1.807) is 13.3 Å². The topological polar surface area (TPSA) is 39.2 Å².